The van der Waals surface area contributed by atoms with Crippen LogP contribution in [0.25, 0.3) is 0 Å². The van der Waals surface area contributed by atoms with E-state index in [4.69, 9.17) is 9.47 Å². The Morgan fingerprint density at radius 2 is 1.59 bits per heavy atom. The Balaban J connectivity index is 1.67. The first kappa shape index (κ1) is 26.0. The maximum absolute atomic E-state index is 13.7. The minimum absolute atomic E-state index is 0.0188. The van der Waals surface area contributed by atoms with Crippen LogP contribution >= 0.6 is 0 Å². The normalized spacial score (nSPS) is 13.2. The first-order chi connectivity index (χ1) is 17.8. The summed E-state index contributed by atoms with van der Waals surface area (Å²) < 4.78 is 39.0. The Labute approximate surface area is 216 Å². The molecule has 3 aromatic rings. The van der Waals surface area contributed by atoms with Crippen LogP contribution in [0.4, 0.5) is 11.4 Å². The van der Waals surface area contributed by atoms with Crippen molar-refractivity contribution in [3.8, 4) is 11.5 Å². The lowest BCUT2D eigenvalue weighted by atomic mass is 10.1. The van der Waals surface area contributed by atoms with Crippen molar-refractivity contribution in [3.05, 3.63) is 78.4 Å². The molecule has 1 N–H and O–H groups in total. The molecule has 0 aliphatic carbocycles. The molecule has 0 saturated carbocycles. The Hall–Kier alpha value is -4.05. The highest BCUT2D eigenvalue weighted by Gasteiger charge is 2.30. The van der Waals surface area contributed by atoms with Gasteiger partial charge in [0.25, 0.3) is 15.9 Å². The zero-order valence-corrected chi connectivity index (χ0v) is 21.5. The first-order valence-electron chi connectivity index (χ1n) is 11.8. The zero-order chi connectivity index (χ0) is 26.4. The summed E-state index contributed by atoms with van der Waals surface area (Å²) >= 11 is 0. The molecule has 3 aromatic carbocycles. The topological polar surface area (TPSA) is 105 Å². The fourth-order valence-corrected chi connectivity index (χ4v) is 5.65. The first-order valence-corrected chi connectivity index (χ1v) is 13.3. The fourth-order valence-electron chi connectivity index (χ4n) is 4.20. The maximum Gasteiger partial charge on any atom is 0.264 e. The number of likely N-dealkylation sites (tertiary alicyclic amines) is 1. The van der Waals surface area contributed by atoms with E-state index >= 15 is 0 Å². The summed E-state index contributed by atoms with van der Waals surface area (Å²) in [6.45, 7) is 0.787. The van der Waals surface area contributed by atoms with Crippen LogP contribution in [0.15, 0.2) is 77.7 Å². The molecule has 1 heterocycles. The molecular weight excluding hydrogens is 494 g/mol. The van der Waals surface area contributed by atoms with E-state index in [1.807, 2.05) is 0 Å². The highest BCUT2D eigenvalue weighted by atomic mass is 32.2. The number of sulfonamides is 1. The van der Waals surface area contributed by atoms with Gasteiger partial charge in [-0.3, -0.25) is 13.9 Å². The van der Waals surface area contributed by atoms with E-state index in [1.165, 1.54) is 32.4 Å². The van der Waals surface area contributed by atoms with Gasteiger partial charge in [0.15, 0.2) is 0 Å². The number of nitrogens with zero attached hydrogens (tertiary/aromatic N) is 2. The summed E-state index contributed by atoms with van der Waals surface area (Å²) in [6.07, 6.45) is 1.88. The summed E-state index contributed by atoms with van der Waals surface area (Å²) in [5, 5.41) is 2.74. The summed E-state index contributed by atoms with van der Waals surface area (Å²) in [6, 6.07) is 19.2. The van der Waals surface area contributed by atoms with E-state index in [9.17, 15) is 18.0 Å². The average Bonchev–Trinajstić information content (AvgIpc) is 3.47. The molecule has 37 heavy (non-hydrogen) atoms. The van der Waals surface area contributed by atoms with Gasteiger partial charge in [-0.25, -0.2) is 8.42 Å². The number of carbonyl (C=O) groups excluding carboxylic acids is 2. The molecule has 9 nitrogen and oxygen atoms in total. The van der Waals surface area contributed by atoms with Gasteiger partial charge >= 0.3 is 0 Å². The Kier molecular flexibility index (Phi) is 7.98. The van der Waals surface area contributed by atoms with Gasteiger partial charge < -0.3 is 19.7 Å². The number of methoxy groups -OCH3 is 2. The molecule has 1 fully saturated rings. The molecule has 0 atom stereocenters. The van der Waals surface area contributed by atoms with Gasteiger partial charge in [-0.15, -0.1) is 0 Å². The number of anilines is 2. The molecule has 0 spiro atoms. The van der Waals surface area contributed by atoms with Crippen molar-refractivity contribution in [1.82, 2.24) is 4.90 Å². The highest BCUT2D eigenvalue weighted by molar-refractivity contribution is 7.92. The van der Waals surface area contributed by atoms with Gasteiger partial charge in [-0.2, -0.15) is 0 Å². The number of amides is 2. The van der Waals surface area contributed by atoms with E-state index in [0.717, 1.165) is 17.1 Å². The Morgan fingerprint density at radius 3 is 2.27 bits per heavy atom. The molecule has 10 heteroatoms. The third-order valence-corrected chi connectivity index (χ3v) is 7.87. The summed E-state index contributed by atoms with van der Waals surface area (Å²) in [5.74, 6) is -0.0919. The monoisotopic (exact) mass is 523 g/mol. The predicted molar refractivity (Wildman–Crippen MR) is 141 cm³/mol. The van der Waals surface area contributed by atoms with Crippen molar-refractivity contribution in [1.29, 1.82) is 0 Å². The molecule has 1 aliphatic heterocycles. The average molecular weight is 524 g/mol. The Bertz CT molecular complexity index is 1370. The smallest absolute Gasteiger partial charge is 0.264 e. The number of benzene rings is 3. The van der Waals surface area contributed by atoms with Crippen molar-refractivity contribution < 1.29 is 27.5 Å². The third-order valence-electron chi connectivity index (χ3n) is 6.10. The van der Waals surface area contributed by atoms with Crippen LogP contribution in [-0.4, -0.2) is 59.0 Å². The quantitative estimate of drug-likeness (QED) is 0.458. The van der Waals surface area contributed by atoms with E-state index in [-0.39, 0.29) is 22.2 Å². The van der Waals surface area contributed by atoms with Gasteiger partial charge in [0.1, 0.15) is 18.0 Å². The van der Waals surface area contributed by atoms with Crippen LogP contribution in [0.3, 0.4) is 0 Å². The Morgan fingerprint density at radius 1 is 0.919 bits per heavy atom. The summed E-state index contributed by atoms with van der Waals surface area (Å²) in [4.78, 5) is 28.1. The number of carbonyl (C=O) groups is 2. The molecule has 0 unspecified atom stereocenters. The zero-order valence-electron chi connectivity index (χ0n) is 20.7. The van der Waals surface area contributed by atoms with E-state index in [0.29, 0.717) is 30.1 Å². The van der Waals surface area contributed by atoms with Crippen LogP contribution in [0.2, 0.25) is 0 Å². The number of para-hydroxylation sites is 1. The summed E-state index contributed by atoms with van der Waals surface area (Å²) in [7, 11) is -1.26. The van der Waals surface area contributed by atoms with Gasteiger partial charge in [-0.1, -0.05) is 30.3 Å². The van der Waals surface area contributed by atoms with Gasteiger partial charge in [-0.05, 0) is 49.2 Å². The molecule has 194 valence electrons. The van der Waals surface area contributed by atoms with Crippen LogP contribution in [0, 0.1) is 0 Å². The number of hydrogen-bond donors (Lipinski definition) is 1. The van der Waals surface area contributed by atoms with Crippen LogP contribution < -0.4 is 19.1 Å². The summed E-state index contributed by atoms with van der Waals surface area (Å²) in [5.41, 5.74) is 0.851. The largest absolute Gasteiger partial charge is 0.497 e. The lowest BCUT2D eigenvalue weighted by molar-refractivity contribution is -0.114. The van der Waals surface area contributed by atoms with Gasteiger partial charge in [0, 0.05) is 19.2 Å². The van der Waals surface area contributed by atoms with Crippen molar-refractivity contribution in [2.24, 2.45) is 0 Å². The van der Waals surface area contributed by atoms with E-state index < -0.39 is 22.5 Å². The number of nitrogens with one attached hydrogen (secondary N) is 1. The second-order valence-electron chi connectivity index (χ2n) is 8.46. The molecule has 4 rings (SSSR count). The van der Waals surface area contributed by atoms with Crippen molar-refractivity contribution in [3.63, 3.8) is 0 Å². The van der Waals surface area contributed by atoms with Crippen LogP contribution in [0.5, 0.6) is 11.5 Å². The van der Waals surface area contributed by atoms with Crippen LogP contribution in [-0.2, 0) is 14.8 Å². The highest BCUT2D eigenvalue weighted by Crippen LogP contribution is 2.35. The number of rotatable bonds is 9. The molecule has 1 aliphatic rings. The SMILES string of the molecule is COc1ccc(N(CC(=O)Nc2ccccc2C(=O)N2CCCC2)S(=O)(=O)c2ccccc2)c(OC)c1. The second kappa shape index (κ2) is 11.3. The maximum atomic E-state index is 13.7. The fraction of sp³-hybridized carbons (Fsp3) is 0.259. The van der Waals surface area contributed by atoms with Crippen molar-refractivity contribution >= 4 is 33.2 Å². The molecule has 1 saturated heterocycles. The number of hydrogen-bond acceptors (Lipinski definition) is 6. The predicted octanol–water partition coefficient (Wildman–Crippen LogP) is 3.77. The molecule has 0 bridgehead atoms. The molecule has 0 aromatic heterocycles. The molecular formula is C27H29N3O6S. The second-order valence-corrected chi connectivity index (χ2v) is 10.3. The third kappa shape index (κ3) is 5.69. The van der Waals surface area contributed by atoms with Gasteiger partial charge in [0.2, 0.25) is 5.91 Å². The van der Waals surface area contributed by atoms with Gasteiger partial charge in [0.05, 0.1) is 36.1 Å². The number of ether oxygens (including phenoxy) is 2. The standard InChI is InChI=1S/C27H29N3O6S/c1-35-20-14-15-24(25(18-20)36-2)30(37(33,34)21-10-4-3-5-11-21)19-26(31)28-23-13-7-6-12-22(23)27(32)29-16-8-9-17-29/h3-7,10-15,18H,8-9,16-17,19H2,1-2H3,(H,28,31). The molecule has 0 radical (unpaired) electrons. The minimum Gasteiger partial charge on any atom is -0.497 e. The minimum atomic E-state index is -4.16. The van der Waals surface area contributed by atoms with Crippen molar-refractivity contribution in [2.45, 2.75) is 17.7 Å². The van der Waals surface area contributed by atoms with Crippen molar-refractivity contribution in [2.75, 3.05) is 43.5 Å². The van der Waals surface area contributed by atoms with E-state index in [1.54, 1.807) is 59.5 Å². The molecule has 2 amide bonds. The van der Waals surface area contributed by atoms with E-state index in [2.05, 4.69) is 5.32 Å². The lowest BCUT2D eigenvalue weighted by Crippen LogP contribution is -2.38. The van der Waals surface area contributed by atoms with Crippen LogP contribution in [0.1, 0.15) is 23.2 Å². The lowest BCUT2D eigenvalue weighted by Gasteiger charge is -2.26.